The third-order valence-electron chi connectivity index (χ3n) is 3.23. The lowest BCUT2D eigenvalue weighted by atomic mass is 10.2. The maximum absolute atomic E-state index is 12.2. The number of amides is 1. The lowest BCUT2D eigenvalue weighted by molar-refractivity contribution is -0.129. The van der Waals surface area contributed by atoms with Crippen LogP contribution in [0.15, 0.2) is 59.5 Å². The minimum atomic E-state index is -3.82. The van der Waals surface area contributed by atoms with E-state index in [0.717, 1.165) is 5.56 Å². The SMILES string of the molecule is CN(Cc1ccccc1)C(=O)CNS(=O)(=O)c1ccccc1Cl. The number of nitrogens with one attached hydrogen (secondary N) is 1. The maximum Gasteiger partial charge on any atom is 0.242 e. The number of sulfonamides is 1. The molecular weight excluding hydrogens is 336 g/mol. The molecule has 0 aliphatic carbocycles. The summed E-state index contributed by atoms with van der Waals surface area (Å²) in [4.78, 5) is 13.5. The fourth-order valence-electron chi connectivity index (χ4n) is 1.98. The molecule has 0 unspecified atom stereocenters. The van der Waals surface area contributed by atoms with E-state index in [1.807, 2.05) is 30.3 Å². The smallest absolute Gasteiger partial charge is 0.242 e. The second kappa shape index (κ2) is 7.59. The molecule has 0 atom stereocenters. The Morgan fingerprint density at radius 1 is 1.09 bits per heavy atom. The van der Waals surface area contributed by atoms with E-state index >= 15 is 0 Å². The predicted octanol–water partition coefficient (Wildman–Crippen LogP) is 2.28. The fraction of sp³-hybridized carbons (Fsp3) is 0.188. The molecule has 0 fully saturated rings. The van der Waals surface area contributed by atoms with Gasteiger partial charge in [-0.1, -0.05) is 54.1 Å². The van der Waals surface area contributed by atoms with Gasteiger partial charge in [0.05, 0.1) is 11.6 Å². The highest BCUT2D eigenvalue weighted by Crippen LogP contribution is 2.19. The van der Waals surface area contributed by atoms with Crippen LogP contribution >= 0.6 is 11.6 Å². The van der Waals surface area contributed by atoms with Crippen molar-refractivity contribution in [3.8, 4) is 0 Å². The first-order chi connectivity index (χ1) is 10.9. The van der Waals surface area contributed by atoms with Gasteiger partial charge in [0.25, 0.3) is 0 Å². The van der Waals surface area contributed by atoms with E-state index in [1.54, 1.807) is 19.2 Å². The zero-order valence-corrected chi connectivity index (χ0v) is 14.1. The van der Waals surface area contributed by atoms with Gasteiger partial charge in [0.15, 0.2) is 0 Å². The van der Waals surface area contributed by atoms with Gasteiger partial charge in [-0.05, 0) is 17.7 Å². The van der Waals surface area contributed by atoms with Crippen LogP contribution in [0.5, 0.6) is 0 Å². The van der Waals surface area contributed by atoms with E-state index in [0.29, 0.717) is 6.54 Å². The summed E-state index contributed by atoms with van der Waals surface area (Å²) in [6.45, 7) is 0.0877. The second-order valence-corrected chi connectivity index (χ2v) is 7.13. The molecule has 7 heteroatoms. The molecular formula is C16H17ClN2O3S. The summed E-state index contributed by atoms with van der Waals surface area (Å²) >= 11 is 5.88. The van der Waals surface area contributed by atoms with Crippen molar-refractivity contribution in [1.82, 2.24) is 9.62 Å². The Hall–Kier alpha value is -1.89. The van der Waals surface area contributed by atoms with E-state index in [-0.39, 0.29) is 22.4 Å². The quantitative estimate of drug-likeness (QED) is 0.867. The van der Waals surface area contributed by atoms with Crippen LogP contribution in [-0.4, -0.2) is 32.8 Å². The van der Waals surface area contributed by atoms with Crippen molar-refractivity contribution in [2.75, 3.05) is 13.6 Å². The first-order valence-corrected chi connectivity index (χ1v) is 8.78. The Kier molecular flexibility index (Phi) is 5.76. The molecule has 2 aromatic carbocycles. The molecule has 5 nitrogen and oxygen atoms in total. The highest BCUT2D eigenvalue weighted by molar-refractivity contribution is 7.89. The normalized spacial score (nSPS) is 11.2. The van der Waals surface area contributed by atoms with Crippen LogP contribution in [0, 0.1) is 0 Å². The molecule has 0 aliphatic rings. The van der Waals surface area contributed by atoms with E-state index < -0.39 is 10.0 Å². The van der Waals surface area contributed by atoms with Crippen molar-refractivity contribution in [3.05, 3.63) is 65.2 Å². The van der Waals surface area contributed by atoms with Crippen LogP contribution < -0.4 is 4.72 Å². The van der Waals surface area contributed by atoms with Gasteiger partial charge in [0.1, 0.15) is 4.90 Å². The van der Waals surface area contributed by atoms with Crippen molar-refractivity contribution in [1.29, 1.82) is 0 Å². The molecule has 1 N–H and O–H groups in total. The first kappa shape index (κ1) is 17.5. The number of halogens is 1. The fourth-order valence-corrected chi connectivity index (χ4v) is 3.47. The summed E-state index contributed by atoms with van der Waals surface area (Å²) in [6.07, 6.45) is 0. The monoisotopic (exact) mass is 352 g/mol. The van der Waals surface area contributed by atoms with Gasteiger partial charge < -0.3 is 4.90 Å². The highest BCUT2D eigenvalue weighted by Gasteiger charge is 2.19. The minimum Gasteiger partial charge on any atom is -0.340 e. The van der Waals surface area contributed by atoms with Gasteiger partial charge in [-0.3, -0.25) is 4.79 Å². The van der Waals surface area contributed by atoms with E-state index in [1.165, 1.54) is 17.0 Å². The molecule has 122 valence electrons. The summed E-state index contributed by atoms with van der Waals surface area (Å²) in [5.74, 6) is -0.329. The van der Waals surface area contributed by atoms with Crippen molar-refractivity contribution in [2.24, 2.45) is 0 Å². The molecule has 23 heavy (non-hydrogen) atoms. The minimum absolute atomic E-state index is 0.0415. The lowest BCUT2D eigenvalue weighted by Crippen LogP contribution is -2.37. The van der Waals surface area contributed by atoms with Crippen LogP contribution in [0.1, 0.15) is 5.56 Å². The molecule has 0 bridgehead atoms. The zero-order chi connectivity index (χ0) is 16.9. The van der Waals surface area contributed by atoms with Crippen LogP contribution in [0.2, 0.25) is 5.02 Å². The Morgan fingerprint density at radius 2 is 1.70 bits per heavy atom. The first-order valence-electron chi connectivity index (χ1n) is 6.92. The number of nitrogens with zero attached hydrogens (tertiary/aromatic N) is 1. The number of carbonyl (C=O) groups is 1. The summed E-state index contributed by atoms with van der Waals surface area (Å²) in [6, 6.07) is 15.5. The van der Waals surface area contributed by atoms with Crippen molar-refractivity contribution < 1.29 is 13.2 Å². The molecule has 0 heterocycles. The number of likely N-dealkylation sites (N-methyl/N-ethyl adjacent to an activating group) is 1. The van der Waals surface area contributed by atoms with E-state index in [2.05, 4.69) is 4.72 Å². The number of hydrogen-bond acceptors (Lipinski definition) is 3. The third kappa shape index (κ3) is 4.79. The molecule has 0 radical (unpaired) electrons. The molecule has 1 amide bonds. The standard InChI is InChI=1S/C16H17ClN2O3S/c1-19(12-13-7-3-2-4-8-13)16(20)11-18-23(21,22)15-10-6-5-9-14(15)17/h2-10,18H,11-12H2,1H3. The molecule has 0 aromatic heterocycles. The summed E-state index contributed by atoms with van der Waals surface area (Å²) in [5.41, 5.74) is 0.970. The number of rotatable bonds is 6. The van der Waals surface area contributed by atoms with Gasteiger partial charge in [0.2, 0.25) is 15.9 Å². The van der Waals surface area contributed by atoms with Crippen LogP contribution in [0.4, 0.5) is 0 Å². The molecule has 2 rings (SSSR count). The molecule has 0 aliphatic heterocycles. The van der Waals surface area contributed by atoms with Crippen molar-refractivity contribution in [2.45, 2.75) is 11.4 Å². The highest BCUT2D eigenvalue weighted by atomic mass is 35.5. The number of benzene rings is 2. The van der Waals surface area contributed by atoms with Gasteiger partial charge in [-0.15, -0.1) is 0 Å². The van der Waals surface area contributed by atoms with Crippen LogP contribution in [-0.2, 0) is 21.4 Å². The maximum atomic E-state index is 12.2. The van der Waals surface area contributed by atoms with E-state index in [4.69, 9.17) is 11.6 Å². The summed E-state index contributed by atoms with van der Waals surface area (Å²) in [7, 11) is -2.20. The van der Waals surface area contributed by atoms with Crippen LogP contribution in [0.3, 0.4) is 0 Å². The molecule has 0 saturated carbocycles. The van der Waals surface area contributed by atoms with Crippen molar-refractivity contribution >= 4 is 27.5 Å². The summed E-state index contributed by atoms with van der Waals surface area (Å²) < 4.78 is 26.6. The van der Waals surface area contributed by atoms with Gasteiger partial charge in [-0.2, -0.15) is 0 Å². The molecule has 2 aromatic rings. The Labute approximate surface area is 140 Å². The van der Waals surface area contributed by atoms with Crippen molar-refractivity contribution in [3.63, 3.8) is 0 Å². The van der Waals surface area contributed by atoms with Crippen LogP contribution in [0.25, 0.3) is 0 Å². The molecule has 0 spiro atoms. The van der Waals surface area contributed by atoms with Gasteiger partial charge in [-0.25, -0.2) is 13.1 Å². The Morgan fingerprint density at radius 3 is 2.35 bits per heavy atom. The predicted molar refractivity (Wildman–Crippen MR) is 89.6 cm³/mol. The largest absolute Gasteiger partial charge is 0.340 e. The Balaban J connectivity index is 1.97. The molecule has 0 saturated heterocycles. The second-order valence-electron chi connectivity index (χ2n) is 4.99. The number of hydrogen-bond donors (Lipinski definition) is 1. The topological polar surface area (TPSA) is 66.5 Å². The van der Waals surface area contributed by atoms with Gasteiger partial charge in [0, 0.05) is 13.6 Å². The number of carbonyl (C=O) groups excluding carboxylic acids is 1. The summed E-state index contributed by atoms with van der Waals surface area (Å²) in [5, 5.41) is 0.116. The average molecular weight is 353 g/mol. The zero-order valence-electron chi connectivity index (χ0n) is 12.6. The average Bonchev–Trinajstić information content (AvgIpc) is 2.54. The Bertz CT molecular complexity index is 779. The third-order valence-corrected chi connectivity index (χ3v) is 5.13. The lowest BCUT2D eigenvalue weighted by Gasteiger charge is -2.17. The van der Waals surface area contributed by atoms with E-state index in [9.17, 15) is 13.2 Å². The van der Waals surface area contributed by atoms with Gasteiger partial charge >= 0.3 is 0 Å².